The fourth-order valence-corrected chi connectivity index (χ4v) is 2.43. The molecule has 0 aliphatic carbocycles. The van der Waals surface area contributed by atoms with E-state index >= 15 is 0 Å². The maximum atomic E-state index is 11.2. The first-order chi connectivity index (χ1) is 7.06. The van der Waals surface area contributed by atoms with Crippen molar-refractivity contribution in [1.82, 2.24) is 4.90 Å². The molecule has 0 saturated carbocycles. The molecule has 0 spiro atoms. The quantitative estimate of drug-likeness (QED) is 0.672. The van der Waals surface area contributed by atoms with E-state index in [9.17, 15) is 4.79 Å². The number of nitrogens with zero attached hydrogens (tertiary/aromatic N) is 1. The molecule has 0 amide bonds. The van der Waals surface area contributed by atoms with Crippen LogP contribution < -0.4 is 0 Å². The number of rotatable bonds is 3. The van der Waals surface area contributed by atoms with Gasteiger partial charge in [-0.15, -0.1) is 0 Å². The van der Waals surface area contributed by atoms with Crippen LogP contribution in [0.1, 0.15) is 40.0 Å². The Labute approximate surface area is 92.8 Å². The average Bonchev–Trinajstić information content (AvgIpc) is 2.21. The number of carbonyl (C=O) groups is 1. The number of esters is 1. The van der Waals surface area contributed by atoms with Crippen LogP contribution in [0.15, 0.2) is 0 Å². The minimum absolute atomic E-state index is 0.104. The van der Waals surface area contributed by atoms with Crippen LogP contribution in [0.4, 0.5) is 0 Å². The van der Waals surface area contributed by atoms with E-state index < -0.39 is 0 Å². The van der Waals surface area contributed by atoms with Crippen LogP contribution >= 0.6 is 0 Å². The molecule has 0 aromatic heterocycles. The third-order valence-corrected chi connectivity index (χ3v) is 3.68. The third-order valence-electron chi connectivity index (χ3n) is 3.68. The largest absolute Gasteiger partial charge is 0.469 e. The summed E-state index contributed by atoms with van der Waals surface area (Å²) in [4.78, 5) is 13.6. The van der Waals surface area contributed by atoms with Gasteiger partial charge < -0.3 is 4.74 Å². The molecule has 1 saturated heterocycles. The van der Waals surface area contributed by atoms with Gasteiger partial charge in [-0.1, -0.05) is 6.92 Å². The van der Waals surface area contributed by atoms with Gasteiger partial charge in [-0.25, -0.2) is 0 Å². The average molecular weight is 213 g/mol. The summed E-state index contributed by atoms with van der Waals surface area (Å²) in [6.45, 7) is 7.79. The molecule has 3 nitrogen and oxygen atoms in total. The van der Waals surface area contributed by atoms with E-state index in [0.29, 0.717) is 18.5 Å². The molecule has 15 heavy (non-hydrogen) atoms. The van der Waals surface area contributed by atoms with Crippen LogP contribution in [-0.2, 0) is 9.53 Å². The maximum absolute atomic E-state index is 11.2. The smallest absolute Gasteiger partial charge is 0.307 e. The van der Waals surface area contributed by atoms with Crippen molar-refractivity contribution in [2.45, 2.75) is 52.1 Å². The zero-order chi connectivity index (χ0) is 11.4. The van der Waals surface area contributed by atoms with Gasteiger partial charge in [0, 0.05) is 12.1 Å². The fraction of sp³-hybridized carbons (Fsp3) is 0.917. The van der Waals surface area contributed by atoms with Crippen molar-refractivity contribution in [2.24, 2.45) is 5.92 Å². The van der Waals surface area contributed by atoms with Gasteiger partial charge in [0.15, 0.2) is 0 Å². The van der Waals surface area contributed by atoms with Crippen molar-refractivity contribution < 1.29 is 9.53 Å². The lowest BCUT2D eigenvalue weighted by Crippen LogP contribution is -2.47. The molecule has 0 radical (unpaired) electrons. The summed E-state index contributed by atoms with van der Waals surface area (Å²) in [6, 6.07) is 0.883. The Morgan fingerprint density at radius 1 is 1.53 bits per heavy atom. The lowest BCUT2D eigenvalue weighted by molar-refractivity contribution is -0.142. The Morgan fingerprint density at radius 2 is 2.20 bits per heavy atom. The summed E-state index contributed by atoms with van der Waals surface area (Å²) < 4.78 is 4.71. The number of carbonyl (C=O) groups excluding carboxylic acids is 1. The summed E-state index contributed by atoms with van der Waals surface area (Å²) >= 11 is 0. The highest BCUT2D eigenvalue weighted by Gasteiger charge is 2.29. The zero-order valence-corrected chi connectivity index (χ0v) is 10.3. The third kappa shape index (κ3) is 3.20. The molecular formula is C12H23NO2. The lowest BCUT2D eigenvalue weighted by atomic mass is 9.90. The van der Waals surface area contributed by atoms with E-state index in [4.69, 9.17) is 4.74 Å². The van der Waals surface area contributed by atoms with Gasteiger partial charge in [0.2, 0.25) is 0 Å². The molecular weight excluding hydrogens is 190 g/mol. The summed E-state index contributed by atoms with van der Waals surface area (Å²) in [6.07, 6.45) is 3.06. The summed E-state index contributed by atoms with van der Waals surface area (Å²) in [5.41, 5.74) is 0. The number of hydrogen-bond acceptors (Lipinski definition) is 3. The highest BCUT2D eigenvalue weighted by molar-refractivity contribution is 5.69. The Hall–Kier alpha value is -0.570. The molecule has 0 aromatic rings. The molecule has 88 valence electrons. The van der Waals surface area contributed by atoms with E-state index in [1.54, 1.807) is 0 Å². The first kappa shape index (κ1) is 12.5. The molecule has 0 N–H and O–H groups in total. The standard InChI is InChI=1S/C12H23NO2/c1-9-6-5-7-13(11(9)3)10(2)8-12(14)15-4/h9-11H,5-8H2,1-4H3. The van der Waals surface area contributed by atoms with Crippen molar-refractivity contribution >= 4 is 5.97 Å². The van der Waals surface area contributed by atoms with Crippen molar-refractivity contribution in [3.63, 3.8) is 0 Å². The second-order valence-electron chi connectivity index (χ2n) is 4.73. The molecule has 3 unspecified atom stereocenters. The molecule has 1 rings (SSSR count). The Kier molecular flexibility index (Phi) is 4.58. The number of likely N-dealkylation sites (tertiary alicyclic amines) is 1. The van der Waals surface area contributed by atoms with Crippen molar-refractivity contribution in [3.05, 3.63) is 0 Å². The highest BCUT2D eigenvalue weighted by Crippen LogP contribution is 2.25. The topological polar surface area (TPSA) is 29.5 Å². The fourth-order valence-electron chi connectivity index (χ4n) is 2.43. The van der Waals surface area contributed by atoms with Crippen molar-refractivity contribution in [2.75, 3.05) is 13.7 Å². The zero-order valence-electron chi connectivity index (χ0n) is 10.3. The van der Waals surface area contributed by atoms with E-state index in [2.05, 4.69) is 25.7 Å². The summed E-state index contributed by atoms with van der Waals surface area (Å²) in [5.74, 6) is 0.631. The van der Waals surface area contributed by atoms with Gasteiger partial charge in [0.25, 0.3) is 0 Å². The van der Waals surface area contributed by atoms with Crippen LogP contribution in [0.3, 0.4) is 0 Å². The minimum atomic E-state index is -0.104. The van der Waals surface area contributed by atoms with Gasteiger partial charge in [0.05, 0.1) is 13.5 Å². The maximum Gasteiger partial charge on any atom is 0.307 e. The van der Waals surface area contributed by atoms with Gasteiger partial charge in [-0.3, -0.25) is 9.69 Å². The first-order valence-electron chi connectivity index (χ1n) is 5.88. The first-order valence-corrected chi connectivity index (χ1v) is 5.88. The molecule has 3 atom stereocenters. The van der Waals surface area contributed by atoms with Gasteiger partial charge in [-0.05, 0) is 39.2 Å². The molecule has 3 heteroatoms. The number of hydrogen-bond donors (Lipinski definition) is 0. The van der Waals surface area contributed by atoms with Crippen LogP contribution in [0, 0.1) is 5.92 Å². The highest BCUT2D eigenvalue weighted by atomic mass is 16.5. The van der Waals surface area contributed by atoms with Crippen LogP contribution in [0.25, 0.3) is 0 Å². The number of piperidine rings is 1. The lowest BCUT2D eigenvalue weighted by Gasteiger charge is -2.41. The van der Waals surface area contributed by atoms with Gasteiger partial charge >= 0.3 is 5.97 Å². The van der Waals surface area contributed by atoms with Crippen LogP contribution in [0.2, 0.25) is 0 Å². The number of ether oxygens (including phenoxy) is 1. The second-order valence-corrected chi connectivity index (χ2v) is 4.73. The predicted molar refractivity (Wildman–Crippen MR) is 60.7 cm³/mol. The van der Waals surface area contributed by atoms with Gasteiger partial charge in [-0.2, -0.15) is 0 Å². The Morgan fingerprint density at radius 3 is 2.80 bits per heavy atom. The molecule has 1 heterocycles. The normalized spacial score (nSPS) is 29.9. The second kappa shape index (κ2) is 5.50. The van der Waals surface area contributed by atoms with E-state index in [1.807, 2.05) is 0 Å². The van der Waals surface area contributed by atoms with E-state index in [-0.39, 0.29) is 5.97 Å². The Bertz CT molecular complexity index is 218. The Balaban J connectivity index is 2.50. The molecule has 1 aliphatic rings. The molecule has 0 aromatic carbocycles. The van der Waals surface area contributed by atoms with Crippen molar-refractivity contribution in [1.29, 1.82) is 0 Å². The minimum Gasteiger partial charge on any atom is -0.469 e. The summed E-state index contributed by atoms with van der Waals surface area (Å²) in [5, 5.41) is 0. The summed E-state index contributed by atoms with van der Waals surface area (Å²) in [7, 11) is 1.46. The SMILES string of the molecule is COC(=O)CC(C)N1CCCC(C)C1C. The van der Waals surface area contributed by atoms with Crippen molar-refractivity contribution in [3.8, 4) is 0 Å². The molecule has 1 aliphatic heterocycles. The number of methoxy groups -OCH3 is 1. The molecule has 0 bridgehead atoms. The van der Waals surface area contributed by atoms with Crippen LogP contribution in [0.5, 0.6) is 0 Å². The predicted octanol–water partition coefficient (Wildman–Crippen LogP) is 2.06. The monoisotopic (exact) mass is 213 g/mol. The van der Waals surface area contributed by atoms with Crippen LogP contribution in [-0.4, -0.2) is 36.6 Å². The van der Waals surface area contributed by atoms with Gasteiger partial charge in [0.1, 0.15) is 0 Å². The van der Waals surface area contributed by atoms with E-state index in [0.717, 1.165) is 12.5 Å². The molecule has 1 fully saturated rings. The van der Waals surface area contributed by atoms with E-state index in [1.165, 1.54) is 20.0 Å².